The fourth-order valence-corrected chi connectivity index (χ4v) is 2.99. The second-order valence-electron chi connectivity index (χ2n) is 5.85. The van der Waals surface area contributed by atoms with Gasteiger partial charge in [0.15, 0.2) is 0 Å². The van der Waals surface area contributed by atoms with Gasteiger partial charge >= 0.3 is 0 Å². The molecule has 2 atom stereocenters. The van der Waals surface area contributed by atoms with Crippen LogP contribution in [0.15, 0.2) is 42.5 Å². The van der Waals surface area contributed by atoms with E-state index in [9.17, 15) is 0 Å². The lowest BCUT2D eigenvalue weighted by molar-refractivity contribution is 0.158. The number of benzene rings is 2. The molecule has 0 aromatic heterocycles. The van der Waals surface area contributed by atoms with Gasteiger partial charge in [-0.15, -0.1) is 0 Å². The molecule has 2 N–H and O–H groups in total. The Labute approximate surface area is 115 Å². The number of hydrogen-bond acceptors (Lipinski definition) is 2. The van der Waals surface area contributed by atoms with Gasteiger partial charge in [0.2, 0.25) is 0 Å². The van der Waals surface area contributed by atoms with Crippen LogP contribution in [-0.4, -0.2) is 24.0 Å². The van der Waals surface area contributed by atoms with Crippen molar-refractivity contribution in [2.24, 2.45) is 11.7 Å². The molecular formula is C17H22N2. The fourth-order valence-electron chi connectivity index (χ4n) is 2.99. The summed E-state index contributed by atoms with van der Waals surface area (Å²) in [6.07, 6.45) is 1.12. The number of piperidine rings is 1. The largest absolute Gasteiger partial charge is 0.327 e. The molecule has 0 aliphatic carbocycles. The molecule has 0 amide bonds. The standard InChI is InChI=1S/C17H22N2/c1-13-11-19(9-8-17(13)18)12-14-6-7-15-4-2-3-5-16(15)10-14/h2-7,10,13,17H,8-9,11-12,18H2,1H3. The van der Waals surface area contributed by atoms with Gasteiger partial charge in [0, 0.05) is 19.1 Å². The van der Waals surface area contributed by atoms with Gasteiger partial charge in [0.25, 0.3) is 0 Å². The second kappa shape index (κ2) is 5.32. The average molecular weight is 254 g/mol. The third-order valence-corrected chi connectivity index (χ3v) is 4.28. The van der Waals surface area contributed by atoms with Gasteiger partial charge in [-0.2, -0.15) is 0 Å². The minimum absolute atomic E-state index is 0.382. The SMILES string of the molecule is CC1CN(Cc2ccc3ccccc3c2)CCC1N. The van der Waals surface area contributed by atoms with Gasteiger partial charge in [-0.05, 0) is 41.3 Å². The first-order chi connectivity index (χ1) is 9.22. The highest BCUT2D eigenvalue weighted by Crippen LogP contribution is 2.20. The first kappa shape index (κ1) is 12.6. The predicted molar refractivity (Wildman–Crippen MR) is 81.0 cm³/mol. The number of nitrogens with zero attached hydrogens (tertiary/aromatic N) is 1. The van der Waals surface area contributed by atoms with Gasteiger partial charge in [-0.1, -0.05) is 43.3 Å². The Morgan fingerprint density at radius 3 is 2.74 bits per heavy atom. The highest BCUT2D eigenvalue weighted by molar-refractivity contribution is 5.82. The number of nitrogens with two attached hydrogens (primary N) is 1. The van der Waals surface area contributed by atoms with Crippen molar-refractivity contribution in [3.63, 3.8) is 0 Å². The molecule has 1 heterocycles. The van der Waals surface area contributed by atoms with E-state index in [2.05, 4.69) is 54.3 Å². The Hall–Kier alpha value is -1.38. The Morgan fingerprint density at radius 1 is 1.16 bits per heavy atom. The number of likely N-dealkylation sites (tertiary alicyclic amines) is 1. The van der Waals surface area contributed by atoms with Crippen LogP contribution >= 0.6 is 0 Å². The highest BCUT2D eigenvalue weighted by Gasteiger charge is 2.22. The van der Waals surface area contributed by atoms with E-state index in [4.69, 9.17) is 5.73 Å². The van der Waals surface area contributed by atoms with Crippen molar-refractivity contribution in [1.82, 2.24) is 4.90 Å². The second-order valence-corrected chi connectivity index (χ2v) is 5.85. The van der Waals surface area contributed by atoms with Crippen molar-refractivity contribution >= 4 is 10.8 Å². The van der Waals surface area contributed by atoms with E-state index in [1.165, 1.54) is 16.3 Å². The Bertz CT molecular complexity index is 564. The van der Waals surface area contributed by atoms with Crippen molar-refractivity contribution in [2.45, 2.75) is 25.9 Å². The first-order valence-electron chi connectivity index (χ1n) is 7.18. The summed E-state index contributed by atoms with van der Waals surface area (Å²) >= 11 is 0. The van der Waals surface area contributed by atoms with Crippen LogP contribution in [0, 0.1) is 5.92 Å². The molecule has 0 saturated carbocycles. The van der Waals surface area contributed by atoms with Crippen molar-refractivity contribution in [1.29, 1.82) is 0 Å². The normalized spacial score (nSPS) is 24.7. The van der Waals surface area contributed by atoms with E-state index in [0.717, 1.165) is 26.1 Å². The third-order valence-electron chi connectivity index (χ3n) is 4.28. The zero-order valence-electron chi connectivity index (χ0n) is 11.5. The van der Waals surface area contributed by atoms with E-state index in [1.54, 1.807) is 0 Å². The smallest absolute Gasteiger partial charge is 0.0234 e. The van der Waals surface area contributed by atoms with E-state index < -0.39 is 0 Å². The maximum atomic E-state index is 6.08. The van der Waals surface area contributed by atoms with Crippen LogP contribution in [0.3, 0.4) is 0 Å². The molecule has 2 unspecified atom stereocenters. The third kappa shape index (κ3) is 2.80. The summed E-state index contributed by atoms with van der Waals surface area (Å²) in [7, 11) is 0. The minimum Gasteiger partial charge on any atom is -0.327 e. The molecule has 1 saturated heterocycles. The van der Waals surface area contributed by atoms with Crippen LogP contribution in [0.2, 0.25) is 0 Å². The molecule has 0 radical (unpaired) electrons. The maximum Gasteiger partial charge on any atom is 0.0234 e. The van der Waals surface area contributed by atoms with Gasteiger partial charge in [-0.3, -0.25) is 4.90 Å². The summed E-state index contributed by atoms with van der Waals surface area (Å²) in [4.78, 5) is 2.53. The molecule has 100 valence electrons. The van der Waals surface area contributed by atoms with Gasteiger partial charge < -0.3 is 5.73 Å². The van der Waals surface area contributed by atoms with Gasteiger partial charge in [-0.25, -0.2) is 0 Å². The average Bonchev–Trinajstić information content (AvgIpc) is 2.43. The molecule has 2 aromatic carbocycles. The van der Waals surface area contributed by atoms with E-state index in [0.29, 0.717) is 12.0 Å². The zero-order valence-corrected chi connectivity index (χ0v) is 11.5. The molecule has 1 fully saturated rings. The summed E-state index contributed by atoms with van der Waals surface area (Å²) in [5.74, 6) is 0.606. The summed E-state index contributed by atoms with van der Waals surface area (Å²) in [5.41, 5.74) is 7.49. The number of rotatable bonds is 2. The van der Waals surface area contributed by atoms with Crippen LogP contribution in [0.25, 0.3) is 10.8 Å². The zero-order chi connectivity index (χ0) is 13.2. The van der Waals surface area contributed by atoms with Gasteiger partial charge in [0.05, 0.1) is 0 Å². The first-order valence-corrected chi connectivity index (χ1v) is 7.18. The van der Waals surface area contributed by atoms with E-state index in [-0.39, 0.29) is 0 Å². The Morgan fingerprint density at radius 2 is 1.95 bits per heavy atom. The molecular weight excluding hydrogens is 232 g/mol. The topological polar surface area (TPSA) is 29.3 Å². The van der Waals surface area contributed by atoms with E-state index in [1.807, 2.05) is 0 Å². The van der Waals surface area contributed by atoms with Gasteiger partial charge in [0.1, 0.15) is 0 Å². The van der Waals surface area contributed by atoms with E-state index >= 15 is 0 Å². The Kier molecular flexibility index (Phi) is 3.54. The summed E-state index contributed by atoms with van der Waals surface area (Å²) < 4.78 is 0. The van der Waals surface area contributed by atoms with Crippen molar-refractivity contribution in [3.8, 4) is 0 Å². The maximum absolute atomic E-state index is 6.08. The van der Waals surface area contributed by atoms with Crippen LogP contribution < -0.4 is 5.73 Å². The monoisotopic (exact) mass is 254 g/mol. The molecule has 0 spiro atoms. The Balaban J connectivity index is 1.74. The molecule has 2 nitrogen and oxygen atoms in total. The molecule has 19 heavy (non-hydrogen) atoms. The quantitative estimate of drug-likeness (QED) is 0.892. The summed E-state index contributed by atoms with van der Waals surface area (Å²) in [6.45, 7) is 5.55. The lowest BCUT2D eigenvalue weighted by atomic mass is 9.94. The molecule has 0 bridgehead atoms. The molecule has 2 heteroatoms. The summed E-state index contributed by atoms with van der Waals surface area (Å²) in [5, 5.41) is 2.65. The highest BCUT2D eigenvalue weighted by atomic mass is 15.1. The van der Waals surface area contributed by atoms with Crippen molar-refractivity contribution in [2.75, 3.05) is 13.1 Å². The van der Waals surface area contributed by atoms with Crippen molar-refractivity contribution in [3.05, 3.63) is 48.0 Å². The van der Waals surface area contributed by atoms with Crippen molar-refractivity contribution < 1.29 is 0 Å². The van der Waals surface area contributed by atoms with Crippen LogP contribution in [0.4, 0.5) is 0 Å². The van der Waals surface area contributed by atoms with Crippen LogP contribution in [0.1, 0.15) is 18.9 Å². The van der Waals surface area contributed by atoms with Crippen LogP contribution in [0.5, 0.6) is 0 Å². The van der Waals surface area contributed by atoms with Crippen LogP contribution in [-0.2, 0) is 6.54 Å². The predicted octanol–water partition coefficient (Wildman–Crippen LogP) is 3.01. The fraction of sp³-hybridized carbons (Fsp3) is 0.412. The number of hydrogen-bond donors (Lipinski definition) is 1. The molecule has 1 aliphatic heterocycles. The minimum atomic E-state index is 0.382. The molecule has 2 aromatic rings. The lowest BCUT2D eigenvalue weighted by Gasteiger charge is -2.35. The summed E-state index contributed by atoms with van der Waals surface area (Å²) in [6, 6.07) is 15.7. The lowest BCUT2D eigenvalue weighted by Crippen LogP contribution is -2.45. The molecule has 1 aliphatic rings. The molecule has 3 rings (SSSR count). The number of fused-ring (bicyclic) bond motifs is 1.